The first-order valence-electron chi connectivity index (χ1n) is 7.66. The van der Waals surface area contributed by atoms with Crippen molar-refractivity contribution in [2.24, 2.45) is 0 Å². The molecule has 23 heavy (non-hydrogen) atoms. The first-order valence-corrected chi connectivity index (χ1v) is 7.66. The molecule has 0 radical (unpaired) electrons. The Balaban J connectivity index is 1.63. The molecule has 1 heterocycles. The van der Waals surface area contributed by atoms with E-state index in [1.165, 1.54) is 12.1 Å². The molecule has 4 heteroatoms. The SMILES string of the molecule is O=c1oc2cc(OCc3ccc(F)cc3)ccc2c2c1CCC2. The maximum absolute atomic E-state index is 12.9. The van der Waals surface area contributed by atoms with Gasteiger partial charge in [0.2, 0.25) is 0 Å². The number of fused-ring (bicyclic) bond motifs is 3. The topological polar surface area (TPSA) is 39.4 Å². The van der Waals surface area contributed by atoms with E-state index in [0.29, 0.717) is 17.9 Å². The smallest absolute Gasteiger partial charge is 0.339 e. The Kier molecular flexibility index (Phi) is 3.37. The zero-order chi connectivity index (χ0) is 15.8. The van der Waals surface area contributed by atoms with Crippen LogP contribution >= 0.6 is 0 Å². The lowest BCUT2D eigenvalue weighted by Gasteiger charge is -2.08. The van der Waals surface area contributed by atoms with Crippen LogP contribution in [0, 0.1) is 5.82 Å². The van der Waals surface area contributed by atoms with E-state index in [2.05, 4.69) is 0 Å². The molecule has 0 amide bonds. The van der Waals surface area contributed by atoms with Crippen molar-refractivity contribution in [3.05, 3.63) is 75.4 Å². The fourth-order valence-corrected chi connectivity index (χ4v) is 3.10. The molecule has 1 aliphatic carbocycles. The van der Waals surface area contributed by atoms with Crippen LogP contribution < -0.4 is 10.4 Å². The van der Waals surface area contributed by atoms with E-state index in [9.17, 15) is 9.18 Å². The summed E-state index contributed by atoms with van der Waals surface area (Å²) < 4.78 is 24.0. The van der Waals surface area contributed by atoms with Crippen LogP contribution in [-0.2, 0) is 19.4 Å². The second-order valence-corrected chi connectivity index (χ2v) is 5.77. The minimum atomic E-state index is -0.268. The quantitative estimate of drug-likeness (QED) is 0.686. The molecular formula is C19H15FO3. The third-order valence-electron chi connectivity index (χ3n) is 4.26. The Labute approximate surface area is 132 Å². The van der Waals surface area contributed by atoms with Gasteiger partial charge in [-0.25, -0.2) is 9.18 Å². The number of rotatable bonds is 3. The molecule has 1 aliphatic rings. The van der Waals surface area contributed by atoms with Gasteiger partial charge in [-0.05, 0) is 54.7 Å². The first-order chi connectivity index (χ1) is 11.2. The highest BCUT2D eigenvalue weighted by Gasteiger charge is 2.19. The van der Waals surface area contributed by atoms with Gasteiger partial charge in [-0.15, -0.1) is 0 Å². The van der Waals surface area contributed by atoms with Gasteiger partial charge in [0.05, 0.1) is 0 Å². The Hall–Kier alpha value is -2.62. The van der Waals surface area contributed by atoms with E-state index in [4.69, 9.17) is 9.15 Å². The third-order valence-corrected chi connectivity index (χ3v) is 4.26. The molecule has 0 atom stereocenters. The first kappa shape index (κ1) is 14.0. The summed E-state index contributed by atoms with van der Waals surface area (Å²) in [7, 11) is 0. The number of ether oxygens (including phenoxy) is 1. The molecule has 116 valence electrons. The maximum atomic E-state index is 12.9. The monoisotopic (exact) mass is 310 g/mol. The lowest BCUT2D eigenvalue weighted by molar-refractivity contribution is 0.306. The third kappa shape index (κ3) is 2.61. The van der Waals surface area contributed by atoms with Gasteiger partial charge in [0.25, 0.3) is 0 Å². The molecule has 0 unspecified atom stereocenters. The van der Waals surface area contributed by atoms with Crippen LogP contribution in [0.5, 0.6) is 5.75 Å². The molecule has 4 rings (SSSR count). The lowest BCUT2D eigenvalue weighted by Crippen LogP contribution is -2.06. The summed E-state index contributed by atoms with van der Waals surface area (Å²) in [5.74, 6) is 0.359. The predicted octanol–water partition coefficient (Wildman–Crippen LogP) is 4.00. The van der Waals surface area contributed by atoms with Crippen molar-refractivity contribution in [2.45, 2.75) is 25.9 Å². The van der Waals surface area contributed by atoms with E-state index in [1.54, 1.807) is 18.2 Å². The van der Waals surface area contributed by atoms with Crippen LogP contribution in [0.2, 0.25) is 0 Å². The Morgan fingerprint density at radius 2 is 1.83 bits per heavy atom. The summed E-state index contributed by atoms with van der Waals surface area (Å²) in [5.41, 5.74) is 3.13. The van der Waals surface area contributed by atoms with Crippen LogP contribution in [0.25, 0.3) is 11.0 Å². The molecule has 2 aromatic carbocycles. The zero-order valence-electron chi connectivity index (χ0n) is 12.5. The molecule has 0 spiro atoms. The van der Waals surface area contributed by atoms with Gasteiger partial charge in [-0.2, -0.15) is 0 Å². The zero-order valence-corrected chi connectivity index (χ0v) is 12.5. The van der Waals surface area contributed by atoms with Crippen molar-refractivity contribution in [1.82, 2.24) is 0 Å². The standard InChI is InChI=1S/C19H15FO3/c20-13-6-4-12(5-7-13)11-22-14-8-9-16-15-2-1-3-17(15)19(21)23-18(16)10-14/h4-10H,1-3,11H2. The molecular weight excluding hydrogens is 295 g/mol. The average Bonchev–Trinajstić information content (AvgIpc) is 3.05. The van der Waals surface area contributed by atoms with Gasteiger partial charge in [-0.1, -0.05) is 12.1 Å². The summed E-state index contributed by atoms with van der Waals surface area (Å²) in [4.78, 5) is 12.0. The van der Waals surface area contributed by atoms with Gasteiger partial charge in [0, 0.05) is 17.0 Å². The Morgan fingerprint density at radius 3 is 2.65 bits per heavy atom. The van der Waals surface area contributed by atoms with E-state index < -0.39 is 0 Å². The van der Waals surface area contributed by atoms with Crippen LogP contribution in [0.4, 0.5) is 4.39 Å². The van der Waals surface area contributed by atoms with Gasteiger partial charge in [-0.3, -0.25) is 0 Å². The summed E-state index contributed by atoms with van der Waals surface area (Å²) >= 11 is 0. The van der Waals surface area contributed by atoms with E-state index >= 15 is 0 Å². The van der Waals surface area contributed by atoms with Crippen LogP contribution in [0.15, 0.2) is 51.7 Å². The minimum Gasteiger partial charge on any atom is -0.489 e. The summed E-state index contributed by atoms with van der Waals surface area (Å²) in [5, 5.41) is 0.992. The fraction of sp³-hybridized carbons (Fsp3) is 0.211. The normalized spacial score (nSPS) is 13.3. The van der Waals surface area contributed by atoms with Gasteiger partial charge >= 0.3 is 5.63 Å². The van der Waals surface area contributed by atoms with Gasteiger partial charge < -0.3 is 9.15 Å². The Morgan fingerprint density at radius 1 is 1.04 bits per heavy atom. The van der Waals surface area contributed by atoms with Crippen molar-refractivity contribution in [3.8, 4) is 5.75 Å². The lowest BCUT2D eigenvalue weighted by atomic mass is 10.1. The van der Waals surface area contributed by atoms with Crippen molar-refractivity contribution < 1.29 is 13.5 Å². The minimum absolute atomic E-state index is 0.235. The van der Waals surface area contributed by atoms with Crippen molar-refractivity contribution >= 4 is 11.0 Å². The number of halogens is 1. The average molecular weight is 310 g/mol. The molecule has 0 saturated carbocycles. The summed E-state index contributed by atoms with van der Waals surface area (Å²) in [6.07, 6.45) is 2.73. The van der Waals surface area contributed by atoms with Crippen molar-refractivity contribution in [1.29, 1.82) is 0 Å². The maximum Gasteiger partial charge on any atom is 0.339 e. The van der Waals surface area contributed by atoms with Crippen molar-refractivity contribution in [3.63, 3.8) is 0 Å². The second kappa shape index (κ2) is 5.54. The molecule has 0 fully saturated rings. The molecule has 1 aromatic heterocycles. The number of hydrogen-bond donors (Lipinski definition) is 0. The highest BCUT2D eigenvalue weighted by Crippen LogP contribution is 2.29. The molecule has 0 N–H and O–H groups in total. The molecule has 3 nitrogen and oxygen atoms in total. The predicted molar refractivity (Wildman–Crippen MR) is 85.2 cm³/mol. The molecule has 3 aromatic rings. The van der Waals surface area contributed by atoms with E-state index in [1.807, 2.05) is 12.1 Å². The highest BCUT2D eigenvalue weighted by molar-refractivity contribution is 5.83. The number of hydrogen-bond acceptors (Lipinski definition) is 3. The largest absolute Gasteiger partial charge is 0.489 e. The molecule has 0 saturated heterocycles. The van der Waals surface area contributed by atoms with Crippen LogP contribution in [0.3, 0.4) is 0 Å². The highest BCUT2D eigenvalue weighted by atomic mass is 19.1. The summed E-state index contributed by atoms with van der Waals surface area (Å²) in [6, 6.07) is 11.8. The van der Waals surface area contributed by atoms with Crippen LogP contribution in [0.1, 0.15) is 23.1 Å². The van der Waals surface area contributed by atoms with Crippen molar-refractivity contribution in [2.75, 3.05) is 0 Å². The number of aryl methyl sites for hydroxylation is 1. The van der Waals surface area contributed by atoms with E-state index in [-0.39, 0.29) is 11.4 Å². The Bertz CT molecular complexity index is 926. The fourth-order valence-electron chi connectivity index (χ4n) is 3.10. The van der Waals surface area contributed by atoms with Crippen LogP contribution in [-0.4, -0.2) is 0 Å². The molecule has 0 bridgehead atoms. The second-order valence-electron chi connectivity index (χ2n) is 5.77. The number of benzene rings is 2. The van der Waals surface area contributed by atoms with Gasteiger partial charge in [0.1, 0.15) is 23.8 Å². The van der Waals surface area contributed by atoms with E-state index in [0.717, 1.165) is 41.3 Å². The van der Waals surface area contributed by atoms with Gasteiger partial charge in [0.15, 0.2) is 0 Å². The summed E-state index contributed by atoms with van der Waals surface area (Å²) in [6.45, 7) is 0.334. The molecule has 0 aliphatic heterocycles.